The first kappa shape index (κ1) is 20.2. The van der Waals surface area contributed by atoms with Gasteiger partial charge in [-0.2, -0.15) is 0 Å². The number of nitrogens with zero attached hydrogens (tertiary/aromatic N) is 3. The molecule has 3 rings (SSSR count). The van der Waals surface area contributed by atoms with E-state index in [2.05, 4.69) is 45.3 Å². The molecule has 3 heterocycles. The highest BCUT2D eigenvalue weighted by atomic mass is 16.5. The molecule has 2 aliphatic heterocycles. The summed E-state index contributed by atoms with van der Waals surface area (Å²) in [5.74, 6) is 0.714. The van der Waals surface area contributed by atoms with Crippen LogP contribution in [0.5, 0.6) is 0 Å². The van der Waals surface area contributed by atoms with E-state index in [-0.39, 0.29) is 18.1 Å². The lowest BCUT2D eigenvalue weighted by Gasteiger charge is -2.36. The second-order valence-corrected chi connectivity index (χ2v) is 7.93. The molecular formula is C20H33N5O2. The van der Waals surface area contributed by atoms with Gasteiger partial charge in [0.05, 0.1) is 19.3 Å². The van der Waals surface area contributed by atoms with E-state index >= 15 is 0 Å². The Balaban J connectivity index is 1.46. The Bertz CT molecular complexity index is 583. The minimum atomic E-state index is 0.0652. The van der Waals surface area contributed by atoms with Gasteiger partial charge in [0.1, 0.15) is 0 Å². The lowest BCUT2D eigenvalue weighted by Crippen LogP contribution is -2.52. The summed E-state index contributed by atoms with van der Waals surface area (Å²) < 4.78 is 5.83. The lowest BCUT2D eigenvalue weighted by atomic mass is 10.1. The fourth-order valence-corrected chi connectivity index (χ4v) is 3.89. The van der Waals surface area contributed by atoms with Gasteiger partial charge in [-0.1, -0.05) is 19.9 Å². The van der Waals surface area contributed by atoms with Gasteiger partial charge in [-0.25, -0.2) is 0 Å². The minimum Gasteiger partial charge on any atom is -0.374 e. The molecule has 0 spiro atoms. The summed E-state index contributed by atoms with van der Waals surface area (Å²) in [7, 11) is 0. The topological polar surface area (TPSA) is 69.7 Å². The van der Waals surface area contributed by atoms with Gasteiger partial charge in [-0.05, 0) is 17.5 Å². The van der Waals surface area contributed by atoms with Crippen molar-refractivity contribution >= 4 is 5.91 Å². The average molecular weight is 376 g/mol. The van der Waals surface area contributed by atoms with Crippen LogP contribution in [-0.4, -0.2) is 85.8 Å². The summed E-state index contributed by atoms with van der Waals surface area (Å²) in [5.41, 5.74) is 1.15. The fraction of sp³-hybridized carbons (Fsp3) is 0.700. The molecule has 0 saturated carbocycles. The summed E-state index contributed by atoms with van der Waals surface area (Å²) in [5, 5.41) is 6.49. The number of aromatic nitrogens is 1. The van der Waals surface area contributed by atoms with Gasteiger partial charge < -0.3 is 15.4 Å². The number of nitrogens with one attached hydrogen (secondary N) is 2. The second kappa shape index (κ2) is 10.1. The Morgan fingerprint density at radius 3 is 3.11 bits per heavy atom. The number of carbonyl (C=O) groups excluding carboxylic acids is 1. The van der Waals surface area contributed by atoms with E-state index in [9.17, 15) is 4.79 Å². The van der Waals surface area contributed by atoms with Crippen LogP contribution in [0.4, 0.5) is 0 Å². The minimum absolute atomic E-state index is 0.0652. The van der Waals surface area contributed by atoms with Crippen LogP contribution in [0, 0.1) is 5.92 Å². The predicted octanol–water partition coefficient (Wildman–Crippen LogP) is 0.501. The molecule has 0 aliphatic carbocycles. The Kier molecular flexibility index (Phi) is 7.58. The standard InChI is InChI=1S/C20H33N5O2/c1-16(2)13-24-8-9-27-18(14-24)11-23-20(26)15-25-7-6-22-12-19(25)17-4-3-5-21-10-17/h3-5,10,16,18-19,22H,6-9,11-15H2,1-2H3,(H,23,26). The molecule has 150 valence electrons. The highest BCUT2D eigenvalue weighted by molar-refractivity contribution is 5.78. The van der Waals surface area contributed by atoms with E-state index < -0.39 is 0 Å². The van der Waals surface area contributed by atoms with Crippen molar-refractivity contribution < 1.29 is 9.53 Å². The van der Waals surface area contributed by atoms with E-state index in [1.807, 2.05) is 12.3 Å². The first-order valence-electron chi connectivity index (χ1n) is 10.1. The van der Waals surface area contributed by atoms with Crippen LogP contribution in [0.15, 0.2) is 24.5 Å². The van der Waals surface area contributed by atoms with Gasteiger partial charge in [-0.3, -0.25) is 19.6 Å². The number of amides is 1. The van der Waals surface area contributed by atoms with E-state index in [4.69, 9.17) is 4.74 Å². The molecule has 7 nitrogen and oxygen atoms in total. The molecular weight excluding hydrogens is 342 g/mol. The van der Waals surface area contributed by atoms with Crippen molar-refractivity contribution in [2.75, 3.05) is 59.0 Å². The van der Waals surface area contributed by atoms with Gasteiger partial charge in [0.25, 0.3) is 0 Å². The Labute approximate surface area is 162 Å². The molecule has 27 heavy (non-hydrogen) atoms. The maximum Gasteiger partial charge on any atom is 0.234 e. The molecule has 1 aromatic rings. The molecule has 1 aromatic heterocycles. The number of piperazine rings is 1. The van der Waals surface area contributed by atoms with Crippen molar-refractivity contribution in [3.63, 3.8) is 0 Å². The van der Waals surface area contributed by atoms with Gasteiger partial charge in [0.15, 0.2) is 0 Å². The first-order chi connectivity index (χ1) is 13.1. The quantitative estimate of drug-likeness (QED) is 0.723. The number of rotatable bonds is 7. The number of carbonyl (C=O) groups is 1. The van der Waals surface area contributed by atoms with Gasteiger partial charge in [-0.15, -0.1) is 0 Å². The number of pyridine rings is 1. The number of hydrogen-bond donors (Lipinski definition) is 2. The SMILES string of the molecule is CC(C)CN1CCOC(CNC(=O)CN2CCNCC2c2cccnc2)C1. The Hall–Kier alpha value is -1.54. The van der Waals surface area contributed by atoms with Crippen molar-refractivity contribution in [1.82, 2.24) is 25.4 Å². The summed E-state index contributed by atoms with van der Waals surface area (Å²) in [4.78, 5) is 21.4. The third-order valence-electron chi connectivity index (χ3n) is 5.14. The van der Waals surface area contributed by atoms with Crippen LogP contribution < -0.4 is 10.6 Å². The number of morpholine rings is 1. The largest absolute Gasteiger partial charge is 0.374 e. The maximum absolute atomic E-state index is 12.5. The molecule has 2 fully saturated rings. The van der Waals surface area contributed by atoms with Gasteiger partial charge in [0, 0.05) is 64.2 Å². The van der Waals surface area contributed by atoms with Crippen LogP contribution >= 0.6 is 0 Å². The highest BCUT2D eigenvalue weighted by Crippen LogP contribution is 2.20. The lowest BCUT2D eigenvalue weighted by molar-refractivity contribution is -0.124. The van der Waals surface area contributed by atoms with E-state index in [0.717, 1.165) is 51.4 Å². The Morgan fingerprint density at radius 2 is 2.33 bits per heavy atom. The third kappa shape index (κ3) is 6.24. The van der Waals surface area contributed by atoms with Gasteiger partial charge in [0.2, 0.25) is 5.91 Å². The molecule has 2 unspecified atom stereocenters. The second-order valence-electron chi connectivity index (χ2n) is 7.93. The first-order valence-corrected chi connectivity index (χ1v) is 10.1. The maximum atomic E-state index is 12.5. The smallest absolute Gasteiger partial charge is 0.234 e. The molecule has 0 bridgehead atoms. The van der Waals surface area contributed by atoms with E-state index in [0.29, 0.717) is 19.0 Å². The third-order valence-corrected chi connectivity index (χ3v) is 5.14. The molecule has 2 aliphatic rings. The van der Waals surface area contributed by atoms with Crippen molar-refractivity contribution in [2.24, 2.45) is 5.92 Å². The van der Waals surface area contributed by atoms with Crippen molar-refractivity contribution in [1.29, 1.82) is 0 Å². The zero-order valence-corrected chi connectivity index (χ0v) is 16.6. The summed E-state index contributed by atoms with van der Waals surface area (Å²) in [6.07, 6.45) is 3.75. The molecule has 7 heteroatoms. The molecule has 0 radical (unpaired) electrons. The average Bonchev–Trinajstić information content (AvgIpc) is 2.67. The van der Waals surface area contributed by atoms with Crippen molar-refractivity contribution in [3.05, 3.63) is 30.1 Å². The van der Waals surface area contributed by atoms with E-state index in [1.165, 1.54) is 0 Å². The summed E-state index contributed by atoms with van der Waals surface area (Å²) in [6.45, 7) is 11.8. The van der Waals surface area contributed by atoms with Crippen LogP contribution in [0.25, 0.3) is 0 Å². The van der Waals surface area contributed by atoms with Crippen molar-refractivity contribution in [3.8, 4) is 0 Å². The van der Waals surface area contributed by atoms with E-state index in [1.54, 1.807) is 6.20 Å². The van der Waals surface area contributed by atoms with Crippen LogP contribution in [-0.2, 0) is 9.53 Å². The molecule has 1 amide bonds. The van der Waals surface area contributed by atoms with Crippen LogP contribution in [0.1, 0.15) is 25.5 Å². The van der Waals surface area contributed by atoms with Crippen molar-refractivity contribution in [2.45, 2.75) is 26.0 Å². The predicted molar refractivity (Wildman–Crippen MR) is 105 cm³/mol. The highest BCUT2D eigenvalue weighted by Gasteiger charge is 2.26. The monoisotopic (exact) mass is 375 g/mol. The zero-order chi connectivity index (χ0) is 19.1. The van der Waals surface area contributed by atoms with Gasteiger partial charge >= 0.3 is 0 Å². The molecule has 2 atom stereocenters. The zero-order valence-electron chi connectivity index (χ0n) is 16.6. The summed E-state index contributed by atoms with van der Waals surface area (Å²) in [6, 6.07) is 4.21. The number of ether oxygens (including phenoxy) is 1. The Morgan fingerprint density at radius 1 is 1.44 bits per heavy atom. The van der Waals surface area contributed by atoms with Crippen LogP contribution in [0.3, 0.4) is 0 Å². The fourth-order valence-electron chi connectivity index (χ4n) is 3.89. The molecule has 2 saturated heterocycles. The number of hydrogen-bond acceptors (Lipinski definition) is 6. The molecule has 0 aromatic carbocycles. The normalized spacial score (nSPS) is 24.9. The molecule has 2 N–H and O–H groups in total. The van der Waals surface area contributed by atoms with Crippen LogP contribution in [0.2, 0.25) is 0 Å². The summed E-state index contributed by atoms with van der Waals surface area (Å²) >= 11 is 0.